The minimum absolute atomic E-state index is 0.133. The number of nitrogens with zero attached hydrogens (tertiary/aromatic N) is 2. The summed E-state index contributed by atoms with van der Waals surface area (Å²) in [5.41, 5.74) is 4.04. The standard InChI is InChI=1S/C25H26N2O2S/c1-30-21-8-6-18(7-9-21)22-10-11-23-20-12-17(14-27(23)25(22)29)13-26(16-20)15-19-4-2-3-5-24(19)28/h2-11,17,20,28H,12-16H2,1H3. The SMILES string of the molecule is CSc1ccc(-c2ccc3n(c2=O)CC2CC3CN(Cc3ccccc3O)C2)cc1. The number of benzene rings is 2. The second kappa shape index (κ2) is 7.97. The number of likely N-dealkylation sites (tertiary alicyclic amines) is 1. The first-order chi connectivity index (χ1) is 14.6. The maximum atomic E-state index is 13.3. The van der Waals surface area contributed by atoms with E-state index in [4.69, 9.17) is 0 Å². The minimum atomic E-state index is 0.133. The van der Waals surface area contributed by atoms with Crippen LogP contribution in [-0.2, 0) is 13.1 Å². The Morgan fingerprint density at radius 3 is 2.57 bits per heavy atom. The molecule has 0 spiro atoms. The van der Waals surface area contributed by atoms with Crippen LogP contribution in [0.4, 0.5) is 0 Å². The maximum absolute atomic E-state index is 13.3. The zero-order valence-corrected chi connectivity index (χ0v) is 17.9. The fourth-order valence-electron chi connectivity index (χ4n) is 5.05. The molecule has 0 saturated carbocycles. The lowest BCUT2D eigenvalue weighted by Gasteiger charge is -2.43. The lowest BCUT2D eigenvalue weighted by atomic mass is 9.82. The number of phenols is 1. The summed E-state index contributed by atoms with van der Waals surface area (Å²) in [7, 11) is 0. The van der Waals surface area contributed by atoms with Crippen LogP contribution in [0.2, 0.25) is 0 Å². The molecule has 1 aromatic heterocycles. The highest BCUT2D eigenvalue weighted by Crippen LogP contribution is 2.36. The van der Waals surface area contributed by atoms with Gasteiger partial charge in [-0.25, -0.2) is 0 Å². The van der Waals surface area contributed by atoms with Gasteiger partial charge in [0.2, 0.25) is 0 Å². The van der Waals surface area contributed by atoms with Crippen molar-refractivity contribution < 1.29 is 5.11 Å². The van der Waals surface area contributed by atoms with Crippen LogP contribution < -0.4 is 5.56 Å². The number of hydrogen-bond donors (Lipinski definition) is 1. The smallest absolute Gasteiger partial charge is 0.258 e. The van der Waals surface area contributed by atoms with Gasteiger partial charge in [-0.05, 0) is 54.5 Å². The molecule has 2 unspecified atom stereocenters. The van der Waals surface area contributed by atoms with E-state index in [-0.39, 0.29) is 5.56 Å². The van der Waals surface area contributed by atoms with Gasteiger partial charge in [0.05, 0.1) is 0 Å². The van der Waals surface area contributed by atoms with E-state index >= 15 is 0 Å². The Balaban J connectivity index is 1.42. The van der Waals surface area contributed by atoms with E-state index < -0.39 is 0 Å². The van der Waals surface area contributed by atoms with E-state index in [1.54, 1.807) is 17.8 Å². The summed E-state index contributed by atoms with van der Waals surface area (Å²) in [6.45, 7) is 3.41. The van der Waals surface area contributed by atoms with Gasteiger partial charge in [-0.2, -0.15) is 0 Å². The predicted octanol–water partition coefficient (Wildman–Crippen LogP) is 4.56. The third-order valence-electron chi connectivity index (χ3n) is 6.47. The molecule has 30 heavy (non-hydrogen) atoms. The Morgan fingerprint density at radius 1 is 1.00 bits per heavy atom. The van der Waals surface area contributed by atoms with Crippen LogP contribution in [0.25, 0.3) is 11.1 Å². The van der Waals surface area contributed by atoms with Crippen molar-refractivity contribution in [3.8, 4) is 16.9 Å². The highest BCUT2D eigenvalue weighted by atomic mass is 32.2. The zero-order chi connectivity index (χ0) is 20.7. The Kier molecular flexibility index (Phi) is 5.17. The van der Waals surface area contributed by atoms with Crippen molar-refractivity contribution in [2.45, 2.75) is 30.3 Å². The monoisotopic (exact) mass is 418 g/mol. The van der Waals surface area contributed by atoms with Crippen molar-refractivity contribution in [3.63, 3.8) is 0 Å². The number of aromatic hydroxyl groups is 1. The molecule has 5 heteroatoms. The number of pyridine rings is 1. The molecule has 2 bridgehead atoms. The topological polar surface area (TPSA) is 45.5 Å². The van der Waals surface area contributed by atoms with Gasteiger partial charge in [0, 0.05) is 53.8 Å². The number of hydrogen-bond acceptors (Lipinski definition) is 4. The molecule has 3 aromatic rings. The van der Waals surface area contributed by atoms with E-state index in [0.29, 0.717) is 17.6 Å². The second-order valence-electron chi connectivity index (χ2n) is 8.44. The lowest BCUT2D eigenvalue weighted by Crippen LogP contribution is -2.46. The maximum Gasteiger partial charge on any atom is 0.258 e. The molecule has 1 saturated heterocycles. The first kappa shape index (κ1) is 19.5. The number of fused-ring (bicyclic) bond motifs is 4. The van der Waals surface area contributed by atoms with Crippen molar-refractivity contribution >= 4 is 11.8 Å². The van der Waals surface area contributed by atoms with Crippen LogP contribution in [0, 0.1) is 5.92 Å². The fourth-order valence-corrected chi connectivity index (χ4v) is 5.46. The largest absolute Gasteiger partial charge is 0.508 e. The van der Waals surface area contributed by atoms with Gasteiger partial charge in [-0.1, -0.05) is 30.3 Å². The number of aromatic nitrogens is 1. The van der Waals surface area contributed by atoms with Crippen molar-refractivity contribution in [1.82, 2.24) is 9.47 Å². The average molecular weight is 419 g/mol. The molecule has 0 radical (unpaired) electrons. The summed E-state index contributed by atoms with van der Waals surface area (Å²) < 4.78 is 2.02. The van der Waals surface area contributed by atoms with Gasteiger partial charge >= 0.3 is 0 Å². The lowest BCUT2D eigenvalue weighted by molar-refractivity contribution is 0.113. The summed E-state index contributed by atoms with van der Waals surface area (Å²) in [4.78, 5) is 17.0. The number of phenolic OH excluding ortho intramolecular Hbond substituents is 1. The molecule has 0 amide bonds. The molecule has 3 heterocycles. The van der Waals surface area contributed by atoms with E-state index in [0.717, 1.165) is 55.0 Å². The van der Waals surface area contributed by atoms with Crippen molar-refractivity contribution in [2.75, 3.05) is 19.3 Å². The molecule has 1 N–H and O–H groups in total. The number of thioether (sulfide) groups is 1. The van der Waals surface area contributed by atoms with Gasteiger partial charge < -0.3 is 9.67 Å². The van der Waals surface area contributed by atoms with Gasteiger partial charge in [0.15, 0.2) is 0 Å². The van der Waals surface area contributed by atoms with E-state index in [1.165, 1.54) is 4.90 Å². The van der Waals surface area contributed by atoms with Crippen molar-refractivity contribution in [2.24, 2.45) is 5.92 Å². The number of piperidine rings is 1. The summed E-state index contributed by atoms with van der Waals surface area (Å²) in [5.74, 6) is 1.19. The molecule has 1 fully saturated rings. The van der Waals surface area contributed by atoms with Gasteiger partial charge in [-0.3, -0.25) is 9.69 Å². The molecular weight excluding hydrogens is 392 g/mol. The summed E-state index contributed by atoms with van der Waals surface area (Å²) in [6, 6.07) is 20.0. The van der Waals surface area contributed by atoms with Crippen molar-refractivity contribution in [3.05, 3.63) is 82.3 Å². The molecule has 2 aliphatic rings. The van der Waals surface area contributed by atoms with Crippen LogP contribution in [0.5, 0.6) is 5.75 Å². The molecule has 154 valence electrons. The fraction of sp³-hybridized carbons (Fsp3) is 0.320. The van der Waals surface area contributed by atoms with Crippen LogP contribution in [0.15, 0.2) is 70.4 Å². The van der Waals surface area contributed by atoms with Gasteiger partial charge in [0.1, 0.15) is 5.75 Å². The molecule has 0 aliphatic carbocycles. The Bertz CT molecular complexity index is 1120. The molecular formula is C25H26N2O2S. The zero-order valence-electron chi connectivity index (χ0n) is 17.1. The third kappa shape index (κ3) is 3.57. The van der Waals surface area contributed by atoms with E-state index in [1.807, 2.05) is 41.0 Å². The molecule has 2 aliphatic heterocycles. The van der Waals surface area contributed by atoms with Crippen LogP contribution in [-0.4, -0.2) is 33.9 Å². The minimum Gasteiger partial charge on any atom is -0.508 e. The van der Waals surface area contributed by atoms with E-state index in [9.17, 15) is 9.90 Å². The Morgan fingerprint density at radius 2 is 1.80 bits per heavy atom. The van der Waals surface area contributed by atoms with Gasteiger partial charge in [-0.15, -0.1) is 11.8 Å². The summed E-state index contributed by atoms with van der Waals surface area (Å²) in [6.07, 6.45) is 3.20. The molecule has 2 aromatic carbocycles. The summed E-state index contributed by atoms with van der Waals surface area (Å²) >= 11 is 1.71. The quantitative estimate of drug-likeness (QED) is 0.631. The van der Waals surface area contributed by atoms with Gasteiger partial charge in [0.25, 0.3) is 5.56 Å². The first-order valence-electron chi connectivity index (χ1n) is 10.5. The van der Waals surface area contributed by atoms with E-state index in [2.05, 4.69) is 29.4 Å². The van der Waals surface area contributed by atoms with Crippen LogP contribution >= 0.6 is 11.8 Å². The number of rotatable bonds is 4. The molecule has 5 rings (SSSR count). The first-order valence-corrected chi connectivity index (χ1v) is 11.7. The predicted molar refractivity (Wildman–Crippen MR) is 122 cm³/mol. The average Bonchev–Trinajstić information content (AvgIpc) is 2.76. The number of para-hydroxylation sites is 1. The Labute approximate surface area is 181 Å². The van der Waals surface area contributed by atoms with Crippen LogP contribution in [0.1, 0.15) is 23.6 Å². The highest BCUT2D eigenvalue weighted by Gasteiger charge is 2.35. The second-order valence-corrected chi connectivity index (χ2v) is 9.32. The summed E-state index contributed by atoms with van der Waals surface area (Å²) in [5, 5.41) is 10.1. The normalized spacial score (nSPS) is 20.7. The molecule has 2 atom stereocenters. The van der Waals surface area contributed by atoms with Crippen LogP contribution in [0.3, 0.4) is 0 Å². The third-order valence-corrected chi connectivity index (χ3v) is 7.21. The molecule has 4 nitrogen and oxygen atoms in total. The van der Waals surface area contributed by atoms with Crippen molar-refractivity contribution in [1.29, 1.82) is 0 Å². The highest BCUT2D eigenvalue weighted by molar-refractivity contribution is 7.98. The Hall–Kier alpha value is -2.50.